The SMILES string of the molecule is Nc1ncc(-c2ccc(O)c(Cl)c2)[nH]1. The molecule has 2 aromatic rings. The van der Waals surface area contributed by atoms with Crippen LogP contribution in [0.15, 0.2) is 24.4 Å². The maximum atomic E-state index is 9.21. The molecular weight excluding hydrogens is 202 g/mol. The standard InChI is InChI=1S/C9H8ClN3O/c10-6-3-5(1-2-8(6)14)7-4-12-9(11)13-7/h1-4,14H,(H3,11,12,13). The average molecular weight is 210 g/mol. The fraction of sp³-hybridized carbons (Fsp3) is 0. The summed E-state index contributed by atoms with van der Waals surface area (Å²) in [6, 6.07) is 4.90. The highest BCUT2D eigenvalue weighted by atomic mass is 35.5. The molecule has 0 saturated carbocycles. The summed E-state index contributed by atoms with van der Waals surface area (Å²) in [4.78, 5) is 6.73. The van der Waals surface area contributed by atoms with Crippen molar-refractivity contribution in [2.45, 2.75) is 0 Å². The molecule has 0 aliphatic carbocycles. The number of aromatic amines is 1. The van der Waals surface area contributed by atoms with Gasteiger partial charge in [0.25, 0.3) is 0 Å². The molecule has 0 unspecified atom stereocenters. The van der Waals surface area contributed by atoms with E-state index in [1.165, 1.54) is 6.07 Å². The van der Waals surface area contributed by atoms with Crippen molar-refractivity contribution in [3.63, 3.8) is 0 Å². The van der Waals surface area contributed by atoms with Gasteiger partial charge in [-0.2, -0.15) is 0 Å². The maximum absolute atomic E-state index is 9.21. The molecule has 1 aromatic heterocycles. The highest BCUT2D eigenvalue weighted by molar-refractivity contribution is 6.32. The van der Waals surface area contributed by atoms with Crippen LogP contribution in [0.25, 0.3) is 11.3 Å². The molecule has 0 saturated heterocycles. The summed E-state index contributed by atoms with van der Waals surface area (Å²) in [5, 5.41) is 9.51. The number of aromatic nitrogens is 2. The topological polar surface area (TPSA) is 74.9 Å². The quantitative estimate of drug-likeness (QED) is 0.673. The third-order valence-electron chi connectivity index (χ3n) is 1.85. The van der Waals surface area contributed by atoms with Gasteiger partial charge >= 0.3 is 0 Å². The molecule has 5 heteroatoms. The van der Waals surface area contributed by atoms with E-state index in [1.54, 1.807) is 18.3 Å². The molecule has 2 rings (SSSR count). The number of phenolic OH excluding ortho intramolecular Hbond substituents is 1. The number of benzene rings is 1. The normalized spacial score (nSPS) is 10.4. The Hall–Kier alpha value is -1.68. The number of imidazole rings is 1. The summed E-state index contributed by atoms with van der Waals surface area (Å²) >= 11 is 5.75. The Morgan fingerprint density at radius 3 is 2.79 bits per heavy atom. The van der Waals surface area contributed by atoms with Gasteiger partial charge < -0.3 is 15.8 Å². The van der Waals surface area contributed by atoms with Gasteiger partial charge in [-0.15, -0.1) is 0 Å². The molecular formula is C9H8ClN3O. The van der Waals surface area contributed by atoms with Gasteiger partial charge in [-0.25, -0.2) is 4.98 Å². The zero-order chi connectivity index (χ0) is 10.1. The lowest BCUT2D eigenvalue weighted by Crippen LogP contribution is -1.85. The van der Waals surface area contributed by atoms with Crippen molar-refractivity contribution in [1.82, 2.24) is 9.97 Å². The summed E-state index contributed by atoms with van der Waals surface area (Å²) in [7, 11) is 0. The minimum atomic E-state index is 0.0582. The number of aromatic hydroxyl groups is 1. The van der Waals surface area contributed by atoms with Gasteiger partial charge in [0, 0.05) is 5.56 Å². The van der Waals surface area contributed by atoms with Gasteiger partial charge in [-0.1, -0.05) is 11.6 Å². The molecule has 0 fully saturated rings. The predicted octanol–water partition coefficient (Wildman–Crippen LogP) is 2.02. The van der Waals surface area contributed by atoms with Crippen LogP contribution in [0.1, 0.15) is 0 Å². The summed E-state index contributed by atoms with van der Waals surface area (Å²) in [5.74, 6) is 0.409. The highest BCUT2D eigenvalue weighted by Gasteiger charge is 2.04. The first-order valence-corrected chi connectivity index (χ1v) is 4.34. The summed E-state index contributed by atoms with van der Waals surface area (Å²) in [5.41, 5.74) is 7.03. The van der Waals surface area contributed by atoms with Crippen LogP contribution in [-0.2, 0) is 0 Å². The van der Waals surface area contributed by atoms with Gasteiger partial charge in [-0.3, -0.25) is 0 Å². The zero-order valence-electron chi connectivity index (χ0n) is 7.16. The fourth-order valence-electron chi connectivity index (χ4n) is 1.16. The van der Waals surface area contributed by atoms with Crippen LogP contribution in [0.5, 0.6) is 5.75 Å². The Morgan fingerprint density at radius 2 is 2.21 bits per heavy atom. The van der Waals surface area contributed by atoms with Gasteiger partial charge in [0.1, 0.15) is 5.75 Å². The number of anilines is 1. The largest absolute Gasteiger partial charge is 0.506 e. The van der Waals surface area contributed by atoms with Crippen LogP contribution in [0.3, 0.4) is 0 Å². The number of phenols is 1. The molecule has 0 spiro atoms. The molecule has 4 nitrogen and oxygen atoms in total. The van der Waals surface area contributed by atoms with Gasteiger partial charge in [-0.05, 0) is 18.2 Å². The minimum Gasteiger partial charge on any atom is -0.506 e. The fourth-order valence-corrected chi connectivity index (χ4v) is 1.34. The first-order chi connectivity index (χ1) is 6.66. The van der Waals surface area contributed by atoms with E-state index in [0.717, 1.165) is 11.3 Å². The van der Waals surface area contributed by atoms with E-state index in [4.69, 9.17) is 17.3 Å². The number of rotatable bonds is 1. The van der Waals surface area contributed by atoms with E-state index in [2.05, 4.69) is 9.97 Å². The van der Waals surface area contributed by atoms with Crippen molar-refractivity contribution in [2.75, 3.05) is 5.73 Å². The second kappa shape index (κ2) is 3.23. The Bertz CT molecular complexity index is 467. The van der Waals surface area contributed by atoms with Crippen molar-refractivity contribution >= 4 is 17.5 Å². The second-order valence-corrected chi connectivity index (χ2v) is 3.26. The first kappa shape index (κ1) is 8.90. The number of H-pyrrole nitrogens is 1. The average Bonchev–Trinajstić information content (AvgIpc) is 2.57. The summed E-state index contributed by atoms with van der Waals surface area (Å²) in [6.07, 6.45) is 1.61. The maximum Gasteiger partial charge on any atom is 0.197 e. The van der Waals surface area contributed by atoms with Crippen molar-refractivity contribution in [3.05, 3.63) is 29.4 Å². The number of nitrogen functional groups attached to an aromatic ring is 1. The van der Waals surface area contributed by atoms with E-state index in [9.17, 15) is 5.11 Å². The first-order valence-electron chi connectivity index (χ1n) is 3.96. The van der Waals surface area contributed by atoms with Gasteiger partial charge in [0.15, 0.2) is 5.95 Å². The lowest BCUT2D eigenvalue weighted by molar-refractivity contribution is 0.475. The lowest BCUT2D eigenvalue weighted by Gasteiger charge is -1.99. The van der Waals surface area contributed by atoms with Crippen molar-refractivity contribution in [2.24, 2.45) is 0 Å². The van der Waals surface area contributed by atoms with E-state index >= 15 is 0 Å². The van der Waals surface area contributed by atoms with Crippen LogP contribution in [0, 0.1) is 0 Å². The van der Waals surface area contributed by atoms with E-state index in [-0.39, 0.29) is 5.75 Å². The Labute approximate surface area is 85.4 Å². The highest BCUT2D eigenvalue weighted by Crippen LogP contribution is 2.28. The number of halogens is 1. The van der Waals surface area contributed by atoms with Gasteiger partial charge in [0.2, 0.25) is 0 Å². The smallest absolute Gasteiger partial charge is 0.197 e. The van der Waals surface area contributed by atoms with Crippen LogP contribution >= 0.6 is 11.6 Å². The zero-order valence-corrected chi connectivity index (χ0v) is 7.92. The molecule has 1 aromatic carbocycles. The Kier molecular flexibility index (Phi) is 2.05. The minimum absolute atomic E-state index is 0.0582. The van der Waals surface area contributed by atoms with Crippen molar-refractivity contribution < 1.29 is 5.11 Å². The number of hydrogen-bond donors (Lipinski definition) is 3. The van der Waals surface area contributed by atoms with Crippen molar-refractivity contribution in [3.8, 4) is 17.0 Å². The number of nitrogens with zero attached hydrogens (tertiary/aromatic N) is 1. The lowest BCUT2D eigenvalue weighted by atomic mass is 10.2. The Morgan fingerprint density at radius 1 is 1.43 bits per heavy atom. The van der Waals surface area contributed by atoms with Crippen LogP contribution in [-0.4, -0.2) is 15.1 Å². The van der Waals surface area contributed by atoms with Crippen molar-refractivity contribution in [1.29, 1.82) is 0 Å². The van der Waals surface area contributed by atoms with Crippen LogP contribution < -0.4 is 5.73 Å². The molecule has 0 amide bonds. The molecule has 1 heterocycles. The van der Waals surface area contributed by atoms with Gasteiger partial charge in [0.05, 0.1) is 16.9 Å². The van der Waals surface area contributed by atoms with Crippen LogP contribution in [0.4, 0.5) is 5.95 Å². The molecule has 0 aliphatic rings. The molecule has 0 bridgehead atoms. The van der Waals surface area contributed by atoms with Crippen LogP contribution in [0.2, 0.25) is 5.02 Å². The monoisotopic (exact) mass is 209 g/mol. The molecule has 72 valence electrons. The second-order valence-electron chi connectivity index (χ2n) is 2.85. The number of hydrogen-bond acceptors (Lipinski definition) is 3. The van der Waals surface area contributed by atoms with E-state index in [0.29, 0.717) is 11.0 Å². The third kappa shape index (κ3) is 1.52. The predicted molar refractivity (Wildman–Crippen MR) is 55.1 cm³/mol. The number of nitrogens with one attached hydrogen (secondary N) is 1. The molecule has 14 heavy (non-hydrogen) atoms. The molecule has 0 radical (unpaired) electrons. The molecule has 0 aliphatic heterocycles. The summed E-state index contributed by atoms with van der Waals surface area (Å²) in [6.45, 7) is 0. The van der Waals surface area contributed by atoms with E-state index in [1.807, 2.05) is 0 Å². The third-order valence-corrected chi connectivity index (χ3v) is 2.16. The molecule has 0 atom stereocenters. The summed E-state index contributed by atoms with van der Waals surface area (Å²) < 4.78 is 0. The number of nitrogens with two attached hydrogens (primary N) is 1. The van der Waals surface area contributed by atoms with E-state index < -0.39 is 0 Å². The Balaban J connectivity index is 2.47. The molecule has 4 N–H and O–H groups in total.